The van der Waals surface area contributed by atoms with Gasteiger partial charge < -0.3 is 10.1 Å². The molecule has 2 rings (SSSR count). The van der Waals surface area contributed by atoms with Gasteiger partial charge >= 0.3 is 0 Å². The summed E-state index contributed by atoms with van der Waals surface area (Å²) in [5.74, 6) is 0.815. The molecule has 19 heavy (non-hydrogen) atoms. The Morgan fingerprint density at radius 2 is 2.26 bits per heavy atom. The van der Waals surface area contributed by atoms with Gasteiger partial charge in [0.25, 0.3) is 0 Å². The van der Waals surface area contributed by atoms with Crippen LogP contribution in [0.1, 0.15) is 18.4 Å². The Hall–Kier alpha value is -0.480. The molecule has 1 aliphatic heterocycles. The van der Waals surface area contributed by atoms with Crippen LogP contribution < -0.4 is 10.1 Å². The monoisotopic (exact) mass is 304 g/mol. The van der Waals surface area contributed by atoms with Crippen molar-refractivity contribution in [3.63, 3.8) is 0 Å². The third-order valence-corrected chi connectivity index (χ3v) is 3.92. The Balaban J connectivity index is 0.00000180. The van der Waals surface area contributed by atoms with Gasteiger partial charge in [0.2, 0.25) is 0 Å². The summed E-state index contributed by atoms with van der Waals surface area (Å²) in [5, 5.41) is 4.15. The van der Waals surface area contributed by atoms with Crippen LogP contribution in [0.2, 0.25) is 5.02 Å². The van der Waals surface area contributed by atoms with Gasteiger partial charge in [0, 0.05) is 24.2 Å². The lowest BCUT2D eigenvalue weighted by molar-refractivity contribution is 0.188. The summed E-state index contributed by atoms with van der Waals surface area (Å²) in [7, 11) is 3.70. The van der Waals surface area contributed by atoms with E-state index in [1.165, 1.54) is 18.4 Å². The molecule has 1 unspecified atom stereocenters. The average molecular weight is 305 g/mol. The molecule has 0 aromatic heterocycles. The first-order chi connectivity index (χ1) is 8.72. The summed E-state index contributed by atoms with van der Waals surface area (Å²) in [4.78, 5) is 2.46. The Morgan fingerprint density at radius 1 is 1.47 bits per heavy atom. The number of hydrogen-bond donors (Lipinski definition) is 1. The van der Waals surface area contributed by atoms with Gasteiger partial charge in [-0.15, -0.1) is 12.4 Å². The summed E-state index contributed by atoms with van der Waals surface area (Å²) in [6.45, 7) is 3.17. The molecule has 1 N–H and O–H groups in total. The van der Waals surface area contributed by atoms with Crippen LogP contribution in [0.3, 0.4) is 0 Å². The largest absolute Gasteiger partial charge is 0.497 e. The van der Waals surface area contributed by atoms with Crippen LogP contribution in [0.4, 0.5) is 0 Å². The minimum atomic E-state index is 0. The van der Waals surface area contributed by atoms with Crippen molar-refractivity contribution in [1.82, 2.24) is 10.2 Å². The summed E-state index contributed by atoms with van der Waals surface area (Å²) in [6, 6.07) is 6.53. The van der Waals surface area contributed by atoms with E-state index in [0.29, 0.717) is 6.04 Å². The molecule has 1 atom stereocenters. The second-order valence-corrected chi connectivity index (χ2v) is 5.23. The highest BCUT2D eigenvalue weighted by atomic mass is 35.5. The highest BCUT2D eigenvalue weighted by Gasteiger charge is 2.19. The van der Waals surface area contributed by atoms with Crippen molar-refractivity contribution >= 4 is 24.0 Å². The van der Waals surface area contributed by atoms with Crippen LogP contribution >= 0.6 is 24.0 Å². The number of likely N-dealkylation sites (tertiary alicyclic amines) is 1. The second kappa shape index (κ2) is 7.95. The van der Waals surface area contributed by atoms with Crippen molar-refractivity contribution in [2.75, 3.05) is 27.2 Å². The van der Waals surface area contributed by atoms with Gasteiger partial charge in [-0.05, 0) is 44.1 Å². The number of nitrogens with zero attached hydrogens (tertiary/aromatic N) is 1. The SMILES string of the molecule is CNC1CCCN(Cc2ccc(OC)cc2Cl)C1.Cl. The van der Waals surface area contributed by atoms with Gasteiger partial charge in [-0.1, -0.05) is 17.7 Å². The van der Waals surface area contributed by atoms with E-state index in [0.717, 1.165) is 30.4 Å². The minimum absolute atomic E-state index is 0. The molecular formula is C14H22Cl2N2O. The van der Waals surface area contributed by atoms with Crippen molar-refractivity contribution in [3.8, 4) is 5.75 Å². The Bertz CT molecular complexity index is 401. The van der Waals surface area contributed by atoms with Crippen molar-refractivity contribution in [2.24, 2.45) is 0 Å². The zero-order chi connectivity index (χ0) is 13.0. The molecule has 0 saturated carbocycles. The van der Waals surface area contributed by atoms with E-state index < -0.39 is 0 Å². The number of benzene rings is 1. The summed E-state index contributed by atoms with van der Waals surface area (Å²) in [5.41, 5.74) is 1.18. The third-order valence-electron chi connectivity index (χ3n) is 3.57. The number of halogens is 2. The first-order valence-corrected chi connectivity index (χ1v) is 6.82. The summed E-state index contributed by atoms with van der Waals surface area (Å²) >= 11 is 6.28. The molecule has 1 aromatic rings. The van der Waals surface area contributed by atoms with Crippen molar-refractivity contribution < 1.29 is 4.74 Å². The second-order valence-electron chi connectivity index (χ2n) is 4.82. The van der Waals surface area contributed by atoms with Gasteiger partial charge in [-0.2, -0.15) is 0 Å². The molecule has 0 aliphatic carbocycles. The van der Waals surface area contributed by atoms with E-state index in [1.807, 2.05) is 19.2 Å². The molecule has 0 bridgehead atoms. The van der Waals surface area contributed by atoms with Crippen LogP contribution in [0.15, 0.2) is 18.2 Å². The average Bonchev–Trinajstić information content (AvgIpc) is 2.41. The van der Waals surface area contributed by atoms with Gasteiger partial charge in [-0.3, -0.25) is 4.90 Å². The van der Waals surface area contributed by atoms with Gasteiger partial charge in [0.15, 0.2) is 0 Å². The molecule has 1 heterocycles. The molecule has 0 spiro atoms. The van der Waals surface area contributed by atoms with E-state index >= 15 is 0 Å². The van der Waals surface area contributed by atoms with Crippen LogP contribution in [0.5, 0.6) is 5.75 Å². The van der Waals surface area contributed by atoms with Crippen LogP contribution in [-0.2, 0) is 6.54 Å². The number of methoxy groups -OCH3 is 1. The Labute approximate surface area is 126 Å². The molecule has 1 aromatic carbocycles. The minimum Gasteiger partial charge on any atom is -0.497 e. The summed E-state index contributed by atoms with van der Waals surface area (Å²) in [6.07, 6.45) is 2.52. The molecule has 1 saturated heterocycles. The molecule has 0 amide bonds. The molecule has 1 fully saturated rings. The fourth-order valence-electron chi connectivity index (χ4n) is 2.46. The lowest BCUT2D eigenvalue weighted by atomic mass is 10.0. The van der Waals surface area contributed by atoms with E-state index in [4.69, 9.17) is 16.3 Å². The first kappa shape index (κ1) is 16.6. The first-order valence-electron chi connectivity index (χ1n) is 6.45. The topological polar surface area (TPSA) is 24.5 Å². The van der Waals surface area contributed by atoms with Crippen molar-refractivity contribution in [2.45, 2.75) is 25.4 Å². The molecule has 3 nitrogen and oxygen atoms in total. The van der Waals surface area contributed by atoms with Gasteiger partial charge in [0.1, 0.15) is 5.75 Å². The highest BCUT2D eigenvalue weighted by Crippen LogP contribution is 2.24. The zero-order valence-corrected chi connectivity index (χ0v) is 13.1. The maximum Gasteiger partial charge on any atom is 0.120 e. The zero-order valence-electron chi connectivity index (χ0n) is 11.5. The fourth-order valence-corrected chi connectivity index (χ4v) is 2.69. The third kappa shape index (κ3) is 4.53. The maximum atomic E-state index is 6.28. The molecule has 1 aliphatic rings. The fraction of sp³-hybridized carbons (Fsp3) is 0.571. The van der Waals surface area contributed by atoms with Crippen LogP contribution in [0, 0.1) is 0 Å². The normalized spacial score (nSPS) is 19.8. The number of ether oxygens (including phenoxy) is 1. The smallest absolute Gasteiger partial charge is 0.120 e. The quantitative estimate of drug-likeness (QED) is 0.925. The van der Waals surface area contributed by atoms with Gasteiger partial charge in [0.05, 0.1) is 7.11 Å². The number of hydrogen-bond acceptors (Lipinski definition) is 3. The number of piperidine rings is 1. The van der Waals surface area contributed by atoms with E-state index in [-0.39, 0.29) is 12.4 Å². The lowest BCUT2D eigenvalue weighted by Crippen LogP contribution is -2.43. The molecule has 0 radical (unpaired) electrons. The van der Waals surface area contributed by atoms with Gasteiger partial charge in [-0.25, -0.2) is 0 Å². The van der Waals surface area contributed by atoms with Crippen molar-refractivity contribution in [3.05, 3.63) is 28.8 Å². The van der Waals surface area contributed by atoms with Crippen LogP contribution in [0.25, 0.3) is 0 Å². The van der Waals surface area contributed by atoms with E-state index in [2.05, 4.69) is 16.3 Å². The van der Waals surface area contributed by atoms with Crippen LogP contribution in [-0.4, -0.2) is 38.2 Å². The van der Waals surface area contributed by atoms with E-state index in [9.17, 15) is 0 Å². The molecular weight excluding hydrogens is 283 g/mol. The lowest BCUT2D eigenvalue weighted by Gasteiger charge is -2.32. The Morgan fingerprint density at radius 3 is 2.89 bits per heavy atom. The molecule has 108 valence electrons. The number of nitrogens with one attached hydrogen (secondary N) is 1. The number of rotatable bonds is 4. The summed E-state index contributed by atoms with van der Waals surface area (Å²) < 4.78 is 5.17. The standard InChI is InChI=1S/C14H21ClN2O.ClH/c1-16-12-4-3-7-17(10-12)9-11-5-6-13(18-2)8-14(11)15;/h5-6,8,12,16H,3-4,7,9-10H2,1-2H3;1H. The van der Waals surface area contributed by atoms with E-state index in [1.54, 1.807) is 7.11 Å². The van der Waals surface area contributed by atoms with Crippen molar-refractivity contribution in [1.29, 1.82) is 0 Å². The predicted octanol–water partition coefficient (Wildman–Crippen LogP) is 2.95. The maximum absolute atomic E-state index is 6.28. The number of likely N-dealkylation sites (N-methyl/N-ethyl adjacent to an activating group) is 1. The predicted molar refractivity (Wildman–Crippen MR) is 82.6 cm³/mol. The Kier molecular flexibility index (Phi) is 6.94. The molecule has 5 heteroatoms. The highest BCUT2D eigenvalue weighted by molar-refractivity contribution is 6.31.